The van der Waals surface area contributed by atoms with Gasteiger partial charge >= 0.3 is 6.18 Å². The van der Waals surface area contributed by atoms with Crippen LogP contribution in [0.1, 0.15) is 28.5 Å². The van der Waals surface area contributed by atoms with Gasteiger partial charge in [-0.15, -0.1) is 0 Å². The number of aliphatic hydroxyl groups is 1. The van der Waals surface area contributed by atoms with Gasteiger partial charge in [0.1, 0.15) is 0 Å². The lowest BCUT2D eigenvalue weighted by Gasteiger charge is -2.12. The molecule has 0 saturated carbocycles. The standard InChI is InChI=1S/C14H15F3N2O/c1-9-12(8-18-19(9)2)13(20)7-10-3-5-11(6-4-10)14(15,16)17/h3-6,8,13,20H,7H2,1-2H3. The molecule has 1 heterocycles. The van der Waals surface area contributed by atoms with Crippen molar-refractivity contribution in [3.8, 4) is 0 Å². The number of halogens is 3. The Kier molecular flexibility index (Phi) is 3.85. The molecule has 3 nitrogen and oxygen atoms in total. The first-order valence-corrected chi connectivity index (χ1v) is 6.11. The Morgan fingerprint density at radius 2 is 1.85 bits per heavy atom. The molecule has 0 radical (unpaired) electrons. The molecule has 1 N–H and O–H groups in total. The second kappa shape index (κ2) is 5.28. The lowest BCUT2D eigenvalue weighted by atomic mass is 10.0. The number of aliphatic hydroxyl groups excluding tert-OH is 1. The van der Waals surface area contributed by atoms with Crippen LogP contribution in [0.5, 0.6) is 0 Å². The highest BCUT2D eigenvalue weighted by atomic mass is 19.4. The van der Waals surface area contributed by atoms with E-state index in [0.29, 0.717) is 11.1 Å². The van der Waals surface area contributed by atoms with Crippen molar-refractivity contribution in [3.05, 3.63) is 52.8 Å². The molecular weight excluding hydrogens is 269 g/mol. The molecule has 0 aliphatic heterocycles. The number of aryl methyl sites for hydroxylation is 1. The van der Waals surface area contributed by atoms with Gasteiger partial charge in [-0.05, 0) is 24.6 Å². The molecule has 2 aromatic rings. The highest BCUT2D eigenvalue weighted by Crippen LogP contribution is 2.30. The van der Waals surface area contributed by atoms with Gasteiger partial charge in [-0.3, -0.25) is 4.68 Å². The number of aromatic nitrogens is 2. The second-order valence-corrected chi connectivity index (χ2v) is 4.72. The summed E-state index contributed by atoms with van der Waals surface area (Å²) in [6.07, 6.45) is -3.29. The Morgan fingerprint density at radius 3 is 2.30 bits per heavy atom. The van der Waals surface area contributed by atoms with Crippen LogP contribution in [0.3, 0.4) is 0 Å². The second-order valence-electron chi connectivity index (χ2n) is 4.72. The van der Waals surface area contributed by atoms with Crippen LogP contribution in [0, 0.1) is 6.92 Å². The van der Waals surface area contributed by atoms with Crippen LogP contribution >= 0.6 is 0 Å². The minimum atomic E-state index is -4.34. The van der Waals surface area contributed by atoms with Crippen LogP contribution in [-0.4, -0.2) is 14.9 Å². The summed E-state index contributed by atoms with van der Waals surface area (Å²) in [6, 6.07) is 4.83. The molecular formula is C14H15F3N2O. The van der Waals surface area contributed by atoms with Crippen LogP contribution in [-0.2, 0) is 19.6 Å². The van der Waals surface area contributed by atoms with Crippen LogP contribution in [0.4, 0.5) is 13.2 Å². The number of alkyl halides is 3. The average Bonchev–Trinajstić information content (AvgIpc) is 2.69. The van der Waals surface area contributed by atoms with E-state index >= 15 is 0 Å². The summed E-state index contributed by atoms with van der Waals surface area (Å²) in [5, 5.41) is 14.2. The summed E-state index contributed by atoms with van der Waals surface area (Å²) in [5.74, 6) is 0. The predicted octanol–water partition coefficient (Wildman–Crippen LogP) is 3.02. The van der Waals surface area contributed by atoms with Gasteiger partial charge in [-0.25, -0.2) is 0 Å². The van der Waals surface area contributed by atoms with Crippen molar-refractivity contribution in [2.45, 2.75) is 25.6 Å². The van der Waals surface area contributed by atoms with E-state index in [1.165, 1.54) is 12.1 Å². The highest BCUT2D eigenvalue weighted by Gasteiger charge is 2.30. The maximum Gasteiger partial charge on any atom is 0.416 e. The van der Waals surface area contributed by atoms with E-state index in [0.717, 1.165) is 17.8 Å². The van der Waals surface area contributed by atoms with Crippen molar-refractivity contribution < 1.29 is 18.3 Å². The molecule has 0 amide bonds. The zero-order chi connectivity index (χ0) is 14.9. The van der Waals surface area contributed by atoms with E-state index in [-0.39, 0.29) is 6.42 Å². The predicted molar refractivity (Wildman–Crippen MR) is 68.1 cm³/mol. The minimum Gasteiger partial charge on any atom is -0.388 e. The fourth-order valence-electron chi connectivity index (χ4n) is 2.01. The largest absolute Gasteiger partial charge is 0.416 e. The van der Waals surface area contributed by atoms with Gasteiger partial charge in [0.25, 0.3) is 0 Å². The zero-order valence-electron chi connectivity index (χ0n) is 11.1. The molecule has 108 valence electrons. The first kappa shape index (κ1) is 14.6. The molecule has 0 fully saturated rings. The zero-order valence-corrected chi connectivity index (χ0v) is 11.1. The third kappa shape index (κ3) is 3.01. The Balaban J connectivity index is 2.12. The number of hydrogen-bond acceptors (Lipinski definition) is 2. The van der Waals surface area contributed by atoms with E-state index < -0.39 is 17.8 Å². The van der Waals surface area contributed by atoms with E-state index in [2.05, 4.69) is 5.10 Å². The molecule has 1 atom stereocenters. The molecule has 0 spiro atoms. The maximum absolute atomic E-state index is 12.4. The van der Waals surface area contributed by atoms with E-state index in [1.54, 1.807) is 17.9 Å². The number of nitrogens with zero attached hydrogens (tertiary/aromatic N) is 2. The fraction of sp³-hybridized carbons (Fsp3) is 0.357. The Bertz CT molecular complexity index is 587. The molecule has 1 unspecified atom stereocenters. The van der Waals surface area contributed by atoms with Crippen molar-refractivity contribution in [3.63, 3.8) is 0 Å². The molecule has 2 rings (SSSR count). The minimum absolute atomic E-state index is 0.255. The van der Waals surface area contributed by atoms with Crippen LogP contribution in [0.15, 0.2) is 30.5 Å². The topological polar surface area (TPSA) is 38.1 Å². The van der Waals surface area contributed by atoms with Gasteiger partial charge in [-0.1, -0.05) is 12.1 Å². The Morgan fingerprint density at radius 1 is 1.25 bits per heavy atom. The summed E-state index contributed by atoms with van der Waals surface area (Å²) >= 11 is 0. The third-order valence-electron chi connectivity index (χ3n) is 3.34. The summed E-state index contributed by atoms with van der Waals surface area (Å²) in [4.78, 5) is 0. The van der Waals surface area contributed by atoms with Crippen molar-refractivity contribution in [2.24, 2.45) is 7.05 Å². The Hall–Kier alpha value is -1.82. The quantitative estimate of drug-likeness (QED) is 0.940. The monoisotopic (exact) mass is 284 g/mol. The molecule has 1 aromatic carbocycles. The SMILES string of the molecule is Cc1c(C(O)Cc2ccc(C(F)(F)F)cc2)cnn1C. The number of rotatable bonds is 3. The van der Waals surface area contributed by atoms with Crippen molar-refractivity contribution in [2.75, 3.05) is 0 Å². The first-order chi connectivity index (χ1) is 9.29. The van der Waals surface area contributed by atoms with Gasteiger partial charge in [0.05, 0.1) is 17.9 Å². The molecule has 0 aliphatic carbocycles. The first-order valence-electron chi connectivity index (χ1n) is 6.11. The van der Waals surface area contributed by atoms with Gasteiger partial charge < -0.3 is 5.11 Å². The molecule has 0 saturated heterocycles. The van der Waals surface area contributed by atoms with Gasteiger partial charge in [0.15, 0.2) is 0 Å². The average molecular weight is 284 g/mol. The van der Waals surface area contributed by atoms with Crippen molar-refractivity contribution in [1.29, 1.82) is 0 Å². The maximum atomic E-state index is 12.4. The third-order valence-corrected chi connectivity index (χ3v) is 3.34. The van der Waals surface area contributed by atoms with Crippen LogP contribution < -0.4 is 0 Å². The number of benzene rings is 1. The normalized spacial score (nSPS) is 13.5. The molecule has 1 aromatic heterocycles. The van der Waals surface area contributed by atoms with E-state index in [4.69, 9.17) is 0 Å². The van der Waals surface area contributed by atoms with Gasteiger partial charge in [-0.2, -0.15) is 18.3 Å². The van der Waals surface area contributed by atoms with Gasteiger partial charge in [0.2, 0.25) is 0 Å². The lowest BCUT2D eigenvalue weighted by Crippen LogP contribution is -2.06. The van der Waals surface area contributed by atoms with Crippen molar-refractivity contribution in [1.82, 2.24) is 9.78 Å². The summed E-state index contributed by atoms with van der Waals surface area (Å²) in [7, 11) is 1.77. The summed E-state index contributed by atoms with van der Waals surface area (Å²) in [6.45, 7) is 1.83. The Labute approximate surface area is 114 Å². The fourth-order valence-corrected chi connectivity index (χ4v) is 2.01. The van der Waals surface area contributed by atoms with E-state index in [1.807, 2.05) is 6.92 Å². The molecule has 0 bridgehead atoms. The summed E-state index contributed by atoms with van der Waals surface area (Å²) < 4.78 is 39.0. The molecule has 6 heteroatoms. The highest BCUT2D eigenvalue weighted by molar-refractivity contribution is 5.27. The molecule has 20 heavy (non-hydrogen) atoms. The van der Waals surface area contributed by atoms with Crippen LogP contribution in [0.25, 0.3) is 0 Å². The lowest BCUT2D eigenvalue weighted by molar-refractivity contribution is -0.137. The van der Waals surface area contributed by atoms with E-state index in [9.17, 15) is 18.3 Å². The smallest absolute Gasteiger partial charge is 0.388 e. The summed E-state index contributed by atoms with van der Waals surface area (Å²) in [5.41, 5.74) is 1.49. The van der Waals surface area contributed by atoms with Gasteiger partial charge in [0, 0.05) is 24.7 Å². The van der Waals surface area contributed by atoms with Crippen LogP contribution in [0.2, 0.25) is 0 Å². The molecule has 0 aliphatic rings. The number of hydrogen-bond donors (Lipinski definition) is 1. The van der Waals surface area contributed by atoms with Crippen molar-refractivity contribution >= 4 is 0 Å².